The van der Waals surface area contributed by atoms with Crippen LogP contribution in [0.15, 0.2) is 85.1 Å². The van der Waals surface area contributed by atoms with Gasteiger partial charge in [0.25, 0.3) is 0 Å². The normalized spacial score (nSPS) is 10.2. The quantitative estimate of drug-likeness (QED) is 0.391. The molecule has 4 rings (SSSR count). The van der Waals surface area contributed by atoms with Gasteiger partial charge in [0, 0.05) is 17.3 Å². The molecule has 0 radical (unpaired) electrons. The Morgan fingerprint density at radius 1 is 0.935 bits per heavy atom. The largest absolute Gasteiger partial charge is 0.477 e. The van der Waals surface area contributed by atoms with Gasteiger partial charge in [0.2, 0.25) is 6.41 Å². The van der Waals surface area contributed by atoms with E-state index in [1.807, 2.05) is 54.6 Å². The first-order valence-corrected chi connectivity index (χ1v) is 9.64. The van der Waals surface area contributed by atoms with Crippen LogP contribution in [0.5, 0.6) is 0 Å². The molecule has 1 N–H and O–H groups in total. The maximum atomic E-state index is 11.9. The van der Waals surface area contributed by atoms with Crippen LogP contribution in [0.3, 0.4) is 0 Å². The molecule has 1 aromatic heterocycles. The molecule has 0 atom stereocenters. The van der Waals surface area contributed by atoms with Crippen molar-refractivity contribution in [3.8, 4) is 11.8 Å². The number of rotatable bonds is 5. The number of nitrogens with zero attached hydrogens (tertiary/aromatic N) is 2. The number of aromatic nitrogens is 1. The number of fused-ring (bicyclic) bond motifs is 1. The van der Waals surface area contributed by atoms with Gasteiger partial charge in [-0.3, -0.25) is 4.79 Å². The lowest BCUT2D eigenvalue weighted by molar-refractivity contribution is -0.107. The van der Waals surface area contributed by atoms with Gasteiger partial charge in [-0.15, -0.1) is 0 Å². The average Bonchev–Trinajstić information content (AvgIpc) is 2.81. The van der Waals surface area contributed by atoms with E-state index in [2.05, 4.69) is 29.0 Å². The van der Waals surface area contributed by atoms with Gasteiger partial charge in [0.05, 0.1) is 12.2 Å². The lowest BCUT2D eigenvalue weighted by Crippen LogP contribution is -2.21. The highest BCUT2D eigenvalue weighted by molar-refractivity contribution is 5.85. The van der Waals surface area contributed by atoms with Gasteiger partial charge in [-0.25, -0.2) is 9.78 Å². The van der Waals surface area contributed by atoms with Crippen LogP contribution in [-0.2, 0) is 11.3 Å². The van der Waals surface area contributed by atoms with E-state index in [-0.39, 0.29) is 5.69 Å². The van der Waals surface area contributed by atoms with Gasteiger partial charge in [-0.2, -0.15) is 0 Å². The summed E-state index contributed by atoms with van der Waals surface area (Å²) in [5.41, 5.74) is 2.97. The van der Waals surface area contributed by atoms with Crippen LogP contribution < -0.4 is 4.90 Å². The fourth-order valence-corrected chi connectivity index (χ4v) is 3.28. The topological polar surface area (TPSA) is 70.5 Å². The second kappa shape index (κ2) is 8.93. The number of aromatic carboxylic acids is 1. The molecule has 0 saturated heterocycles. The minimum absolute atomic E-state index is 0.0338. The standard InChI is InChI=1S/C26H18N2O3/c29-18-28(17-20-10-12-21-5-1-2-7-23(21)15-20)25-8-4-3-6-22(25)13-9-19-11-14-24(26(30)31)27-16-19/h1-8,10-12,14-16,18H,17H2,(H,30,31). The number of hydrogen-bond acceptors (Lipinski definition) is 3. The Morgan fingerprint density at radius 2 is 1.71 bits per heavy atom. The lowest BCUT2D eigenvalue weighted by Gasteiger charge is -2.19. The number of carboxylic acid groups (broad SMARTS) is 1. The third-order valence-electron chi connectivity index (χ3n) is 4.83. The molecule has 5 nitrogen and oxygen atoms in total. The van der Waals surface area contributed by atoms with Crippen molar-refractivity contribution >= 4 is 28.8 Å². The molecule has 4 aromatic rings. The fourth-order valence-electron chi connectivity index (χ4n) is 3.28. The number of para-hydroxylation sites is 1. The number of anilines is 1. The molecule has 1 amide bonds. The number of benzene rings is 3. The van der Waals surface area contributed by atoms with E-state index < -0.39 is 5.97 Å². The molecule has 150 valence electrons. The van der Waals surface area contributed by atoms with Gasteiger partial charge >= 0.3 is 5.97 Å². The summed E-state index contributed by atoms with van der Waals surface area (Å²) in [6.45, 7) is 0.419. The molecule has 5 heteroatoms. The van der Waals surface area contributed by atoms with Crippen molar-refractivity contribution in [2.45, 2.75) is 6.54 Å². The summed E-state index contributed by atoms with van der Waals surface area (Å²) in [5, 5.41) is 11.2. The predicted octanol–water partition coefficient (Wildman–Crippen LogP) is 4.50. The molecule has 1 heterocycles. The summed E-state index contributed by atoms with van der Waals surface area (Å²) in [6.07, 6.45) is 2.23. The van der Waals surface area contributed by atoms with Gasteiger partial charge in [0.15, 0.2) is 0 Å². The Labute approximate surface area is 179 Å². The van der Waals surface area contributed by atoms with E-state index in [9.17, 15) is 9.59 Å². The number of carbonyl (C=O) groups is 2. The van der Waals surface area contributed by atoms with Gasteiger partial charge in [-0.05, 0) is 46.7 Å². The van der Waals surface area contributed by atoms with E-state index in [0.717, 1.165) is 22.7 Å². The molecule has 0 unspecified atom stereocenters. The number of carbonyl (C=O) groups excluding carboxylic acids is 1. The first-order chi connectivity index (χ1) is 15.1. The maximum absolute atomic E-state index is 11.9. The van der Waals surface area contributed by atoms with Crippen LogP contribution in [0.1, 0.15) is 27.2 Å². The number of amides is 1. The molecule has 0 aliphatic heterocycles. The van der Waals surface area contributed by atoms with E-state index in [0.29, 0.717) is 23.4 Å². The molecule has 0 saturated carbocycles. The predicted molar refractivity (Wildman–Crippen MR) is 120 cm³/mol. The molecule has 0 bridgehead atoms. The first-order valence-electron chi connectivity index (χ1n) is 9.64. The summed E-state index contributed by atoms with van der Waals surface area (Å²) in [7, 11) is 0. The lowest BCUT2D eigenvalue weighted by atomic mass is 10.1. The second-order valence-electron chi connectivity index (χ2n) is 6.92. The highest BCUT2D eigenvalue weighted by Crippen LogP contribution is 2.22. The summed E-state index contributed by atoms with van der Waals surface area (Å²) < 4.78 is 0. The van der Waals surface area contributed by atoms with Crippen molar-refractivity contribution in [1.29, 1.82) is 0 Å². The summed E-state index contributed by atoms with van der Waals surface area (Å²) in [6, 6.07) is 24.7. The fraction of sp³-hybridized carbons (Fsp3) is 0.0385. The SMILES string of the molecule is O=CN(Cc1ccc2ccccc2c1)c1ccccc1C#Cc1ccc(C(=O)O)nc1. The molecule has 3 aromatic carbocycles. The van der Waals surface area contributed by atoms with Crippen LogP contribution in [0, 0.1) is 11.8 Å². The van der Waals surface area contributed by atoms with Crippen molar-refractivity contribution in [3.63, 3.8) is 0 Å². The van der Waals surface area contributed by atoms with Crippen LogP contribution in [0.2, 0.25) is 0 Å². The van der Waals surface area contributed by atoms with E-state index in [1.54, 1.807) is 11.0 Å². The van der Waals surface area contributed by atoms with Crippen molar-refractivity contribution in [2.75, 3.05) is 4.90 Å². The Morgan fingerprint density at radius 3 is 2.45 bits per heavy atom. The van der Waals surface area contributed by atoms with Crippen molar-refractivity contribution in [2.24, 2.45) is 0 Å². The molecule has 0 fully saturated rings. The summed E-state index contributed by atoms with van der Waals surface area (Å²) in [5.74, 6) is 4.97. The van der Waals surface area contributed by atoms with Crippen molar-refractivity contribution in [1.82, 2.24) is 4.98 Å². The van der Waals surface area contributed by atoms with Crippen molar-refractivity contribution < 1.29 is 14.7 Å². The van der Waals surface area contributed by atoms with Crippen LogP contribution >= 0.6 is 0 Å². The third-order valence-corrected chi connectivity index (χ3v) is 4.83. The number of hydrogen-bond donors (Lipinski definition) is 1. The van der Waals surface area contributed by atoms with Crippen molar-refractivity contribution in [3.05, 3.63) is 107 Å². The zero-order valence-electron chi connectivity index (χ0n) is 16.5. The van der Waals surface area contributed by atoms with Crippen LogP contribution in [0.25, 0.3) is 10.8 Å². The molecule has 0 aliphatic rings. The van der Waals surface area contributed by atoms with E-state index in [1.165, 1.54) is 12.3 Å². The summed E-state index contributed by atoms with van der Waals surface area (Å²) in [4.78, 5) is 28.3. The zero-order chi connectivity index (χ0) is 21.6. The van der Waals surface area contributed by atoms with Crippen LogP contribution in [0.4, 0.5) is 5.69 Å². The van der Waals surface area contributed by atoms with Crippen LogP contribution in [-0.4, -0.2) is 22.5 Å². The zero-order valence-corrected chi connectivity index (χ0v) is 16.5. The number of pyridine rings is 1. The summed E-state index contributed by atoms with van der Waals surface area (Å²) >= 11 is 0. The highest BCUT2D eigenvalue weighted by atomic mass is 16.4. The van der Waals surface area contributed by atoms with Gasteiger partial charge in [-0.1, -0.05) is 60.4 Å². The second-order valence-corrected chi connectivity index (χ2v) is 6.92. The minimum Gasteiger partial charge on any atom is -0.477 e. The Balaban J connectivity index is 1.61. The van der Waals surface area contributed by atoms with Gasteiger partial charge < -0.3 is 10.0 Å². The average molecular weight is 406 g/mol. The monoisotopic (exact) mass is 406 g/mol. The molecular weight excluding hydrogens is 388 g/mol. The smallest absolute Gasteiger partial charge is 0.354 e. The third kappa shape index (κ3) is 4.60. The maximum Gasteiger partial charge on any atom is 0.354 e. The first kappa shape index (κ1) is 19.9. The van der Waals surface area contributed by atoms with E-state index in [4.69, 9.17) is 5.11 Å². The Hall–Kier alpha value is -4.43. The Kier molecular flexibility index (Phi) is 5.72. The molecule has 0 spiro atoms. The highest BCUT2D eigenvalue weighted by Gasteiger charge is 2.10. The molecule has 31 heavy (non-hydrogen) atoms. The molecule has 0 aliphatic carbocycles. The Bertz CT molecular complexity index is 1320. The van der Waals surface area contributed by atoms with E-state index >= 15 is 0 Å². The number of carboxylic acids is 1. The van der Waals surface area contributed by atoms with Gasteiger partial charge in [0.1, 0.15) is 5.69 Å². The minimum atomic E-state index is -1.08. The molecular formula is C26H18N2O3.